The van der Waals surface area contributed by atoms with Crippen molar-refractivity contribution < 1.29 is 9.47 Å². The van der Waals surface area contributed by atoms with Gasteiger partial charge in [0.1, 0.15) is 0 Å². The molecule has 4 heteroatoms. The molecular formula is C12H28N2O2. The van der Waals surface area contributed by atoms with Crippen molar-refractivity contribution in [3.63, 3.8) is 0 Å². The first-order valence-corrected chi connectivity index (χ1v) is 6.05. The Kier molecular flexibility index (Phi) is 7.93. The zero-order chi connectivity index (χ0) is 12.6. The fraction of sp³-hybridized carbons (Fsp3) is 1.00. The summed E-state index contributed by atoms with van der Waals surface area (Å²) < 4.78 is 10.9. The molecule has 0 unspecified atom stereocenters. The number of hydrogen-bond donors (Lipinski definition) is 1. The minimum atomic E-state index is -0.132. The highest BCUT2D eigenvalue weighted by Crippen LogP contribution is 2.07. The number of likely N-dealkylation sites (N-methyl/N-ethyl adjacent to an activating group) is 1. The molecule has 0 aliphatic rings. The third-order valence-electron chi connectivity index (χ3n) is 2.78. The summed E-state index contributed by atoms with van der Waals surface area (Å²) in [6, 6.07) is 0. The predicted molar refractivity (Wildman–Crippen MR) is 67.7 cm³/mol. The van der Waals surface area contributed by atoms with Crippen LogP contribution in [0.5, 0.6) is 0 Å². The molecule has 0 fully saturated rings. The van der Waals surface area contributed by atoms with E-state index in [1.807, 2.05) is 13.8 Å². The summed E-state index contributed by atoms with van der Waals surface area (Å²) >= 11 is 0. The molecule has 16 heavy (non-hydrogen) atoms. The molecule has 4 nitrogen and oxygen atoms in total. The minimum Gasteiger partial charge on any atom is -0.352 e. The maximum atomic E-state index is 5.46. The van der Waals surface area contributed by atoms with Gasteiger partial charge in [-0.3, -0.25) is 0 Å². The average molecular weight is 232 g/mol. The normalized spacial score (nSPS) is 12.8. The Morgan fingerprint density at radius 2 is 1.62 bits per heavy atom. The summed E-state index contributed by atoms with van der Waals surface area (Å²) in [7, 11) is 4.18. The Hall–Kier alpha value is -0.160. The monoisotopic (exact) mass is 232 g/mol. The van der Waals surface area contributed by atoms with E-state index in [-0.39, 0.29) is 11.8 Å². The van der Waals surface area contributed by atoms with E-state index in [4.69, 9.17) is 9.47 Å². The summed E-state index contributed by atoms with van der Waals surface area (Å²) in [6.45, 7) is 11.4. The van der Waals surface area contributed by atoms with Gasteiger partial charge in [-0.1, -0.05) is 0 Å². The van der Waals surface area contributed by atoms with E-state index in [2.05, 4.69) is 38.2 Å². The molecule has 0 spiro atoms. The number of ether oxygens (including phenoxy) is 2. The van der Waals surface area contributed by atoms with Crippen molar-refractivity contribution >= 4 is 0 Å². The van der Waals surface area contributed by atoms with Crippen LogP contribution in [0.25, 0.3) is 0 Å². The zero-order valence-corrected chi connectivity index (χ0v) is 11.7. The van der Waals surface area contributed by atoms with Crippen molar-refractivity contribution in [2.45, 2.75) is 39.5 Å². The lowest BCUT2D eigenvalue weighted by Gasteiger charge is -2.33. The highest BCUT2D eigenvalue weighted by atomic mass is 16.7. The van der Waals surface area contributed by atoms with Gasteiger partial charge in [0.2, 0.25) is 0 Å². The third-order valence-corrected chi connectivity index (χ3v) is 2.78. The lowest BCUT2D eigenvalue weighted by atomic mass is 10.0. The largest absolute Gasteiger partial charge is 0.352 e. The first-order valence-electron chi connectivity index (χ1n) is 6.05. The maximum absolute atomic E-state index is 5.46. The number of nitrogens with one attached hydrogen (secondary N) is 1. The van der Waals surface area contributed by atoms with Crippen LogP contribution in [0.15, 0.2) is 0 Å². The topological polar surface area (TPSA) is 33.7 Å². The second kappa shape index (κ2) is 8.01. The molecule has 1 N–H and O–H groups in total. The molecule has 0 amide bonds. The van der Waals surface area contributed by atoms with Gasteiger partial charge in [0, 0.05) is 31.8 Å². The van der Waals surface area contributed by atoms with Gasteiger partial charge in [-0.2, -0.15) is 0 Å². The van der Waals surface area contributed by atoms with Crippen molar-refractivity contribution in [2.75, 3.05) is 40.4 Å². The van der Waals surface area contributed by atoms with Crippen LogP contribution in [0.3, 0.4) is 0 Å². The number of nitrogens with zero attached hydrogens (tertiary/aromatic N) is 1. The van der Waals surface area contributed by atoms with Gasteiger partial charge in [-0.05, 0) is 41.8 Å². The van der Waals surface area contributed by atoms with Crippen LogP contribution in [0.4, 0.5) is 0 Å². The second-order valence-electron chi connectivity index (χ2n) is 4.68. The lowest BCUT2D eigenvalue weighted by molar-refractivity contribution is -0.133. The molecule has 0 aromatic carbocycles. The molecule has 98 valence electrons. The smallest absolute Gasteiger partial charge is 0.169 e. The highest BCUT2D eigenvalue weighted by Gasteiger charge is 2.20. The van der Waals surface area contributed by atoms with Crippen LogP contribution in [-0.4, -0.2) is 57.1 Å². The number of hydrogen-bond acceptors (Lipinski definition) is 4. The average Bonchev–Trinajstić information content (AvgIpc) is 2.17. The van der Waals surface area contributed by atoms with Gasteiger partial charge in [0.05, 0.1) is 0 Å². The van der Waals surface area contributed by atoms with Crippen molar-refractivity contribution in [3.05, 3.63) is 0 Å². The fourth-order valence-corrected chi connectivity index (χ4v) is 1.19. The molecule has 0 radical (unpaired) electrons. The Bertz CT molecular complexity index is 166. The van der Waals surface area contributed by atoms with Crippen molar-refractivity contribution in [1.29, 1.82) is 0 Å². The zero-order valence-electron chi connectivity index (χ0n) is 11.7. The molecule has 0 atom stereocenters. The van der Waals surface area contributed by atoms with Crippen molar-refractivity contribution in [1.82, 2.24) is 10.2 Å². The van der Waals surface area contributed by atoms with Crippen LogP contribution in [0.2, 0.25) is 0 Å². The summed E-state index contributed by atoms with van der Waals surface area (Å²) in [5, 5.41) is 3.39. The van der Waals surface area contributed by atoms with Crippen LogP contribution in [0.1, 0.15) is 27.7 Å². The van der Waals surface area contributed by atoms with Crippen LogP contribution in [0, 0.1) is 0 Å². The maximum Gasteiger partial charge on any atom is 0.169 e. The van der Waals surface area contributed by atoms with Crippen LogP contribution >= 0.6 is 0 Å². The van der Waals surface area contributed by atoms with Gasteiger partial charge in [-0.25, -0.2) is 0 Å². The molecule has 0 aromatic heterocycles. The standard InChI is InChI=1S/C12H28N2O2/c1-7-15-11(16-8-2)9-13-10-12(3,4)14(5)6/h11,13H,7-10H2,1-6H3. The SMILES string of the molecule is CCOC(CNCC(C)(C)N(C)C)OCC. The molecule has 0 aromatic rings. The highest BCUT2D eigenvalue weighted by molar-refractivity contribution is 4.79. The van der Waals surface area contributed by atoms with Crippen LogP contribution in [-0.2, 0) is 9.47 Å². The molecule has 0 rings (SSSR count). The Labute approximate surface area is 100 Å². The van der Waals surface area contributed by atoms with E-state index in [0.29, 0.717) is 13.2 Å². The van der Waals surface area contributed by atoms with E-state index < -0.39 is 0 Å². The first kappa shape index (κ1) is 15.8. The van der Waals surface area contributed by atoms with Gasteiger partial charge in [0.15, 0.2) is 6.29 Å². The van der Waals surface area contributed by atoms with Gasteiger partial charge < -0.3 is 19.7 Å². The van der Waals surface area contributed by atoms with Gasteiger partial charge in [0.25, 0.3) is 0 Å². The summed E-state index contributed by atoms with van der Waals surface area (Å²) in [6.07, 6.45) is -0.132. The van der Waals surface area contributed by atoms with Gasteiger partial charge in [-0.15, -0.1) is 0 Å². The lowest BCUT2D eigenvalue weighted by Crippen LogP contribution is -2.48. The van der Waals surface area contributed by atoms with Crippen molar-refractivity contribution in [2.24, 2.45) is 0 Å². The Morgan fingerprint density at radius 1 is 1.12 bits per heavy atom. The molecular weight excluding hydrogens is 204 g/mol. The molecule has 0 aliphatic heterocycles. The number of rotatable bonds is 9. The van der Waals surface area contributed by atoms with Crippen molar-refractivity contribution in [3.8, 4) is 0 Å². The summed E-state index contributed by atoms with van der Waals surface area (Å²) in [5.74, 6) is 0. The Morgan fingerprint density at radius 3 is 2.00 bits per heavy atom. The predicted octanol–water partition coefficient (Wildman–Crippen LogP) is 1.32. The molecule has 0 saturated carbocycles. The summed E-state index contributed by atoms with van der Waals surface area (Å²) in [4.78, 5) is 2.20. The first-order chi connectivity index (χ1) is 7.44. The third kappa shape index (κ3) is 6.43. The second-order valence-corrected chi connectivity index (χ2v) is 4.68. The molecule has 0 heterocycles. The molecule has 0 saturated heterocycles. The molecule has 0 aliphatic carbocycles. The van der Waals surface area contributed by atoms with E-state index in [9.17, 15) is 0 Å². The van der Waals surface area contributed by atoms with Crippen LogP contribution < -0.4 is 5.32 Å². The minimum absolute atomic E-state index is 0.132. The Balaban J connectivity index is 3.84. The van der Waals surface area contributed by atoms with E-state index in [1.54, 1.807) is 0 Å². The summed E-state index contributed by atoms with van der Waals surface area (Å²) in [5.41, 5.74) is 0.142. The van der Waals surface area contributed by atoms with Gasteiger partial charge >= 0.3 is 0 Å². The fourth-order valence-electron chi connectivity index (χ4n) is 1.19. The van der Waals surface area contributed by atoms with E-state index in [1.165, 1.54) is 0 Å². The molecule has 0 bridgehead atoms. The van der Waals surface area contributed by atoms with E-state index in [0.717, 1.165) is 13.1 Å². The van der Waals surface area contributed by atoms with E-state index >= 15 is 0 Å². The quantitative estimate of drug-likeness (QED) is 0.608.